The summed E-state index contributed by atoms with van der Waals surface area (Å²) in [6, 6.07) is 4.32. The summed E-state index contributed by atoms with van der Waals surface area (Å²) < 4.78 is 0. The summed E-state index contributed by atoms with van der Waals surface area (Å²) in [6.07, 6.45) is -0.125. The number of anilines is 1. The molecule has 1 aromatic carbocycles. The molecule has 14 heavy (non-hydrogen) atoms. The first-order valence-corrected chi connectivity index (χ1v) is 4.41. The summed E-state index contributed by atoms with van der Waals surface area (Å²) in [5.74, 6) is -0.939. The first kappa shape index (κ1) is 10.8. The normalized spacial score (nSPS) is 12.4. The Morgan fingerprint density at radius 1 is 1.57 bits per heavy atom. The highest BCUT2D eigenvalue weighted by Crippen LogP contribution is 2.23. The lowest BCUT2D eigenvalue weighted by atomic mass is 10.0. The molecule has 5 heteroatoms. The molecule has 0 aromatic heterocycles. The van der Waals surface area contributed by atoms with Crippen molar-refractivity contribution in [2.45, 2.75) is 12.5 Å². The zero-order chi connectivity index (χ0) is 10.7. The summed E-state index contributed by atoms with van der Waals surface area (Å²) in [7, 11) is 0. The average Bonchev–Trinajstić information content (AvgIpc) is 2.08. The van der Waals surface area contributed by atoms with Gasteiger partial charge >= 0.3 is 5.97 Å². The molecule has 1 atom stereocenters. The van der Waals surface area contributed by atoms with E-state index in [1.54, 1.807) is 18.2 Å². The second-order valence-electron chi connectivity index (χ2n) is 2.99. The van der Waals surface area contributed by atoms with Gasteiger partial charge in [-0.15, -0.1) is 0 Å². The summed E-state index contributed by atoms with van der Waals surface area (Å²) in [5.41, 5.74) is 12.3. The summed E-state index contributed by atoms with van der Waals surface area (Å²) in [5, 5.41) is 8.92. The van der Waals surface area contributed by atoms with E-state index in [4.69, 9.17) is 28.2 Å². The van der Waals surface area contributed by atoms with Crippen LogP contribution in [0.25, 0.3) is 0 Å². The summed E-state index contributed by atoms with van der Waals surface area (Å²) in [4.78, 5) is 10.4. The predicted octanol–water partition coefficient (Wildman–Crippen LogP) is 1.40. The van der Waals surface area contributed by atoms with E-state index in [9.17, 15) is 4.79 Å². The molecule has 0 fully saturated rings. The van der Waals surface area contributed by atoms with Gasteiger partial charge in [-0.25, -0.2) is 0 Å². The Morgan fingerprint density at radius 3 is 2.71 bits per heavy atom. The van der Waals surface area contributed by atoms with Gasteiger partial charge in [-0.2, -0.15) is 0 Å². The molecule has 0 unspecified atom stereocenters. The minimum absolute atomic E-state index is 0.125. The van der Waals surface area contributed by atoms with E-state index in [2.05, 4.69) is 0 Å². The maximum absolute atomic E-state index is 10.4. The minimum atomic E-state index is -0.939. The van der Waals surface area contributed by atoms with Crippen molar-refractivity contribution in [2.24, 2.45) is 5.73 Å². The van der Waals surface area contributed by atoms with Crippen molar-refractivity contribution in [3.8, 4) is 0 Å². The van der Waals surface area contributed by atoms with E-state index in [0.29, 0.717) is 16.3 Å². The lowest BCUT2D eigenvalue weighted by Gasteiger charge is -2.10. The third kappa shape index (κ3) is 2.61. The molecule has 76 valence electrons. The molecule has 0 heterocycles. The summed E-state index contributed by atoms with van der Waals surface area (Å²) >= 11 is 5.77. The molecule has 1 aromatic rings. The van der Waals surface area contributed by atoms with Gasteiger partial charge in [0.25, 0.3) is 0 Å². The Balaban J connectivity index is 2.85. The van der Waals surface area contributed by atoms with Crippen molar-refractivity contribution in [1.29, 1.82) is 0 Å². The van der Waals surface area contributed by atoms with Crippen molar-refractivity contribution < 1.29 is 9.90 Å². The highest BCUT2D eigenvalue weighted by Gasteiger charge is 2.11. The van der Waals surface area contributed by atoms with Gasteiger partial charge in [0.1, 0.15) is 0 Å². The molecule has 0 saturated heterocycles. The van der Waals surface area contributed by atoms with Gasteiger partial charge in [-0.1, -0.05) is 17.7 Å². The number of hydrogen-bond acceptors (Lipinski definition) is 3. The van der Waals surface area contributed by atoms with Crippen LogP contribution in [0.5, 0.6) is 0 Å². The maximum atomic E-state index is 10.4. The highest BCUT2D eigenvalue weighted by atomic mass is 35.5. The smallest absolute Gasteiger partial charge is 0.305 e. The third-order valence-corrected chi connectivity index (χ3v) is 2.17. The van der Waals surface area contributed by atoms with E-state index in [1.807, 2.05) is 0 Å². The Bertz CT molecular complexity index is 355. The number of rotatable bonds is 3. The molecule has 1 rings (SSSR count). The average molecular weight is 215 g/mol. The second kappa shape index (κ2) is 4.30. The standard InChI is InChI=1S/C9H11ClN2O2/c10-6-3-5(1-2-7(6)11)8(12)4-9(13)14/h1-3,8H,4,11-12H2,(H,13,14)/t8-/m1/s1. The fraction of sp³-hybridized carbons (Fsp3) is 0.222. The Hall–Kier alpha value is -1.26. The fourth-order valence-corrected chi connectivity index (χ4v) is 1.27. The number of benzene rings is 1. The largest absolute Gasteiger partial charge is 0.481 e. The highest BCUT2D eigenvalue weighted by molar-refractivity contribution is 6.33. The van der Waals surface area contributed by atoms with Crippen molar-refractivity contribution in [3.05, 3.63) is 28.8 Å². The van der Waals surface area contributed by atoms with Crippen molar-refractivity contribution in [3.63, 3.8) is 0 Å². The van der Waals surface area contributed by atoms with Gasteiger partial charge in [0, 0.05) is 6.04 Å². The number of halogens is 1. The monoisotopic (exact) mass is 214 g/mol. The predicted molar refractivity (Wildman–Crippen MR) is 55.0 cm³/mol. The number of carbonyl (C=O) groups is 1. The molecule has 0 aliphatic heterocycles. The molecule has 0 bridgehead atoms. The molecule has 4 nitrogen and oxygen atoms in total. The molecule has 0 amide bonds. The quantitative estimate of drug-likeness (QED) is 0.664. The molecule has 0 radical (unpaired) electrons. The zero-order valence-corrected chi connectivity index (χ0v) is 8.16. The Labute approximate surface area is 86.5 Å². The molecule has 0 aliphatic carbocycles. The van der Waals surface area contributed by atoms with Crippen molar-refractivity contribution in [2.75, 3.05) is 5.73 Å². The van der Waals surface area contributed by atoms with Gasteiger partial charge in [-0.05, 0) is 17.7 Å². The van der Waals surface area contributed by atoms with E-state index in [-0.39, 0.29) is 6.42 Å². The first-order valence-electron chi connectivity index (χ1n) is 4.03. The van der Waals surface area contributed by atoms with Crippen molar-refractivity contribution >= 4 is 23.3 Å². The van der Waals surface area contributed by atoms with Crippen LogP contribution in [0.15, 0.2) is 18.2 Å². The second-order valence-corrected chi connectivity index (χ2v) is 3.39. The van der Waals surface area contributed by atoms with Crippen LogP contribution < -0.4 is 11.5 Å². The van der Waals surface area contributed by atoms with E-state index in [0.717, 1.165) is 0 Å². The Kier molecular flexibility index (Phi) is 3.33. The molecular formula is C9H11ClN2O2. The third-order valence-electron chi connectivity index (χ3n) is 1.85. The topological polar surface area (TPSA) is 89.3 Å². The van der Waals surface area contributed by atoms with Gasteiger partial charge in [0.05, 0.1) is 17.1 Å². The number of nitrogens with two attached hydrogens (primary N) is 2. The molecular weight excluding hydrogens is 204 g/mol. The van der Waals surface area contributed by atoms with Crippen LogP contribution in [0.1, 0.15) is 18.0 Å². The van der Waals surface area contributed by atoms with Crippen LogP contribution in [-0.2, 0) is 4.79 Å². The molecule has 0 spiro atoms. The van der Waals surface area contributed by atoms with Crippen LogP contribution >= 0.6 is 11.6 Å². The SMILES string of the molecule is Nc1ccc([C@H](N)CC(=O)O)cc1Cl. The lowest BCUT2D eigenvalue weighted by molar-refractivity contribution is -0.137. The van der Waals surface area contributed by atoms with Gasteiger partial charge in [0.2, 0.25) is 0 Å². The number of aliphatic carboxylic acids is 1. The first-order chi connectivity index (χ1) is 6.50. The maximum Gasteiger partial charge on any atom is 0.305 e. The number of hydrogen-bond donors (Lipinski definition) is 3. The Morgan fingerprint density at radius 2 is 2.21 bits per heavy atom. The van der Waals surface area contributed by atoms with Gasteiger partial charge in [-0.3, -0.25) is 4.79 Å². The molecule has 0 aliphatic rings. The molecule has 0 saturated carbocycles. The lowest BCUT2D eigenvalue weighted by Crippen LogP contribution is -2.14. The van der Waals surface area contributed by atoms with E-state index >= 15 is 0 Å². The minimum Gasteiger partial charge on any atom is -0.481 e. The number of carboxylic acid groups (broad SMARTS) is 1. The molecule has 5 N–H and O–H groups in total. The van der Waals surface area contributed by atoms with E-state index < -0.39 is 12.0 Å². The van der Waals surface area contributed by atoms with Crippen LogP contribution in [0.3, 0.4) is 0 Å². The van der Waals surface area contributed by atoms with Gasteiger partial charge < -0.3 is 16.6 Å². The van der Waals surface area contributed by atoms with Crippen LogP contribution in [0, 0.1) is 0 Å². The number of nitrogen functional groups attached to an aromatic ring is 1. The summed E-state index contributed by atoms with van der Waals surface area (Å²) in [6.45, 7) is 0. The van der Waals surface area contributed by atoms with E-state index in [1.165, 1.54) is 0 Å². The van der Waals surface area contributed by atoms with Crippen molar-refractivity contribution in [1.82, 2.24) is 0 Å². The van der Waals surface area contributed by atoms with Crippen LogP contribution in [0.2, 0.25) is 5.02 Å². The number of carboxylic acids is 1. The zero-order valence-electron chi connectivity index (χ0n) is 7.40. The fourth-order valence-electron chi connectivity index (χ4n) is 1.08. The van der Waals surface area contributed by atoms with Crippen LogP contribution in [0.4, 0.5) is 5.69 Å². The van der Waals surface area contributed by atoms with Gasteiger partial charge in [0.15, 0.2) is 0 Å². The van der Waals surface area contributed by atoms with Crippen LogP contribution in [-0.4, -0.2) is 11.1 Å².